The second-order valence-electron chi connectivity index (χ2n) is 4.22. The van der Waals surface area contributed by atoms with Gasteiger partial charge in [0.15, 0.2) is 0 Å². The molecule has 1 saturated heterocycles. The minimum absolute atomic E-state index is 0.500. The number of benzene rings is 1. The van der Waals surface area contributed by atoms with Crippen molar-refractivity contribution in [3.8, 4) is 5.75 Å². The monoisotopic (exact) mass is 268 g/mol. The first-order chi connectivity index (χ1) is 7.34. The minimum atomic E-state index is 0.500. The number of hydrogen-bond donors (Lipinski definition) is 0. The van der Waals surface area contributed by atoms with Crippen molar-refractivity contribution in [1.82, 2.24) is 0 Å². The van der Waals surface area contributed by atoms with Gasteiger partial charge in [0.25, 0.3) is 0 Å². The fraction of sp³-hybridized carbons (Fsp3) is 0.500. The third-order valence-corrected chi connectivity index (χ3v) is 3.80. The Morgan fingerprint density at radius 3 is 2.80 bits per heavy atom. The molecule has 1 aromatic carbocycles. The van der Waals surface area contributed by atoms with Crippen LogP contribution in [0.5, 0.6) is 5.75 Å². The largest absolute Gasteiger partial charge is 0.493 e. The molecule has 0 aromatic heterocycles. The smallest absolute Gasteiger partial charge is 0.119 e. The molecule has 1 heterocycles. The highest BCUT2D eigenvalue weighted by Gasteiger charge is 2.54. The van der Waals surface area contributed by atoms with Gasteiger partial charge < -0.3 is 9.47 Å². The lowest BCUT2D eigenvalue weighted by molar-refractivity contribution is 0.123. The summed E-state index contributed by atoms with van der Waals surface area (Å²) in [6.07, 6.45) is 1.72. The molecule has 0 amide bonds. The van der Waals surface area contributed by atoms with Gasteiger partial charge in [0, 0.05) is 17.0 Å². The summed E-state index contributed by atoms with van der Waals surface area (Å²) in [5.41, 5.74) is 0. The molecule has 3 atom stereocenters. The summed E-state index contributed by atoms with van der Waals surface area (Å²) in [6, 6.07) is 7.98. The van der Waals surface area contributed by atoms with Crippen LogP contribution in [0, 0.1) is 11.8 Å². The van der Waals surface area contributed by atoms with E-state index in [2.05, 4.69) is 15.9 Å². The number of fused-ring (bicyclic) bond motifs is 1. The highest BCUT2D eigenvalue weighted by molar-refractivity contribution is 9.10. The third kappa shape index (κ3) is 1.91. The maximum atomic E-state index is 5.72. The van der Waals surface area contributed by atoms with Crippen molar-refractivity contribution in [2.24, 2.45) is 11.8 Å². The van der Waals surface area contributed by atoms with E-state index in [1.807, 2.05) is 24.3 Å². The Kier molecular flexibility index (Phi) is 2.45. The molecule has 0 spiro atoms. The van der Waals surface area contributed by atoms with Crippen molar-refractivity contribution in [2.75, 3.05) is 13.2 Å². The van der Waals surface area contributed by atoms with Crippen molar-refractivity contribution in [2.45, 2.75) is 12.5 Å². The standard InChI is InChI=1S/C12H13BrO2/c13-8-1-3-9(4-2-8)15-7-11-10-5-6-14-12(10)11/h1-4,10-12H,5-7H2/t10-,11+,12+/m0/s1. The maximum absolute atomic E-state index is 5.72. The number of rotatable bonds is 3. The Morgan fingerprint density at radius 2 is 2.13 bits per heavy atom. The molecule has 15 heavy (non-hydrogen) atoms. The fourth-order valence-corrected chi connectivity index (χ4v) is 2.58. The Hall–Kier alpha value is -0.540. The average Bonchev–Trinajstić information content (AvgIpc) is 2.71. The zero-order chi connectivity index (χ0) is 10.3. The second kappa shape index (κ2) is 3.80. The molecule has 2 nitrogen and oxygen atoms in total. The van der Waals surface area contributed by atoms with Crippen LogP contribution in [0.2, 0.25) is 0 Å². The lowest BCUT2D eigenvalue weighted by Gasteiger charge is -2.07. The van der Waals surface area contributed by atoms with Crippen molar-refractivity contribution >= 4 is 15.9 Å². The van der Waals surface area contributed by atoms with Crippen LogP contribution in [0.4, 0.5) is 0 Å². The normalized spacial score (nSPS) is 32.5. The van der Waals surface area contributed by atoms with Crippen LogP contribution in [-0.4, -0.2) is 19.3 Å². The Bertz CT molecular complexity index is 339. The van der Waals surface area contributed by atoms with E-state index in [0.29, 0.717) is 12.0 Å². The van der Waals surface area contributed by atoms with Crippen LogP contribution in [0.1, 0.15) is 6.42 Å². The fourth-order valence-electron chi connectivity index (χ4n) is 2.32. The van der Waals surface area contributed by atoms with E-state index in [9.17, 15) is 0 Å². The molecule has 80 valence electrons. The predicted molar refractivity (Wildman–Crippen MR) is 61.0 cm³/mol. The summed E-state index contributed by atoms with van der Waals surface area (Å²) in [4.78, 5) is 0. The maximum Gasteiger partial charge on any atom is 0.119 e. The van der Waals surface area contributed by atoms with Gasteiger partial charge in [-0.05, 0) is 36.6 Å². The molecule has 3 heteroatoms. The second-order valence-corrected chi connectivity index (χ2v) is 5.13. The van der Waals surface area contributed by atoms with E-state index < -0.39 is 0 Å². The first kappa shape index (κ1) is 9.67. The van der Waals surface area contributed by atoms with Gasteiger partial charge in [-0.15, -0.1) is 0 Å². The zero-order valence-corrected chi connectivity index (χ0v) is 9.94. The molecular weight excluding hydrogens is 256 g/mol. The summed E-state index contributed by atoms with van der Waals surface area (Å²) < 4.78 is 12.4. The molecule has 0 radical (unpaired) electrons. The van der Waals surface area contributed by atoms with Gasteiger partial charge in [0.2, 0.25) is 0 Å². The summed E-state index contributed by atoms with van der Waals surface area (Å²) in [5, 5.41) is 0. The number of ether oxygens (including phenoxy) is 2. The summed E-state index contributed by atoms with van der Waals surface area (Å²) in [6.45, 7) is 1.75. The van der Waals surface area contributed by atoms with Crippen LogP contribution in [0.15, 0.2) is 28.7 Å². The van der Waals surface area contributed by atoms with Gasteiger partial charge in [-0.1, -0.05) is 15.9 Å². The molecule has 1 saturated carbocycles. The summed E-state index contributed by atoms with van der Waals surface area (Å²) in [7, 11) is 0. The van der Waals surface area contributed by atoms with Gasteiger partial charge in [-0.3, -0.25) is 0 Å². The molecule has 2 aliphatic rings. The molecule has 0 unspecified atom stereocenters. The zero-order valence-electron chi connectivity index (χ0n) is 8.36. The Balaban J connectivity index is 1.52. The van der Waals surface area contributed by atoms with E-state index >= 15 is 0 Å². The van der Waals surface area contributed by atoms with E-state index in [-0.39, 0.29) is 0 Å². The van der Waals surface area contributed by atoms with Crippen molar-refractivity contribution in [1.29, 1.82) is 0 Å². The Labute approximate surface area is 97.7 Å². The lowest BCUT2D eigenvalue weighted by Crippen LogP contribution is -2.07. The van der Waals surface area contributed by atoms with Crippen LogP contribution < -0.4 is 4.74 Å². The molecular formula is C12H13BrO2. The van der Waals surface area contributed by atoms with Crippen LogP contribution >= 0.6 is 15.9 Å². The van der Waals surface area contributed by atoms with E-state index in [0.717, 1.165) is 29.4 Å². The van der Waals surface area contributed by atoms with E-state index in [1.54, 1.807) is 0 Å². The highest BCUT2D eigenvalue weighted by Crippen LogP contribution is 2.48. The van der Waals surface area contributed by atoms with E-state index in [1.165, 1.54) is 6.42 Å². The molecule has 3 rings (SSSR count). The first-order valence-corrected chi connectivity index (χ1v) is 6.14. The first-order valence-electron chi connectivity index (χ1n) is 5.34. The van der Waals surface area contributed by atoms with E-state index in [4.69, 9.17) is 9.47 Å². The van der Waals surface area contributed by atoms with Crippen LogP contribution in [-0.2, 0) is 4.74 Å². The van der Waals surface area contributed by atoms with Gasteiger partial charge >= 0.3 is 0 Å². The lowest BCUT2D eigenvalue weighted by atomic mass is 10.2. The summed E-state index contributed by atoms with van der Waals surface area (Å²) in [5.74, 6) is 2.37. The van der Waals surface area contributed by atoms with Gasteiger partial charge in [-0.2, -0.15) is 0 Å². The molecule has 0 N–H and O–H groups in total. The topological polar surface area (TPSA) is 18.5 Å². The van der Waals surface area contributed by atoms with Crippen molar-refractivity contribution < 1.29 is 9.47 Å². The molecule has 1 aliphatic heterocycles. The van der Waals surface area contributed by atoms with Crippen LogP contribution in [0.25, 0.3) is 0 Å². The molecule has 1 aromatic rings. The quantitative estimate of drug-likeness (QED) is 0.840. The summed E-state index contributed by atoms with van der Waals surface area (Å²) >= 11 is 3.40. The SMILES string of the molecule is Brc1ccc(OC[C@@H]2[C@@H]3CCO[C@@H]23)cc1. The van der Waals surface area contributed by atoms with Crippen LogP contribution in [0.3, 0.4) is 0 Å². The molecule has 0 bridgehead atoms. The number of halogens is 1. The van der Waals surface area contributed by atoms with Gasteiger partial charge in [0.05, 0.1) is 12.7 Å². The third-order valence-electron chi connectivity index (χ3n) is 3.27. The Morgan fingerprint density at radius 1 is 1.33 bits per heavy atom. The van der Waals surface area contributed by atoms with Gasteiger partial charge in [-0.25, -0.2) is 0 Å². The predicted octanol–water partition coefficient (Wildman–Crippen LogP) is 2.86. The van der Waals surface area contributed by atoms with Crippen molar-refractivity contribution in [3.63, 3.8) is 0 Å². The van der Waals surface area contributed by atoms with Gasteiger partial charge in [0.1, 0.15) is 5.75 Å². The number of hydrogen-bond acceptors (Lipinski definition) is 2. The molecule has 2 fully saturated rings. The average molecular weight is 269 g/mol. The highest BCUT2D eigenvalue weighted by atomic mass is 79.9. The van der Waals surface area contributed by atoms with Crippen molar-refractivity contribution in [3.05, 3.63) is 28.7 Å². The molecule has 1 aliphatic carbocycles. The minimum Gasteiger partial charge on any atom is -0.493 e.